The second kappa shape index (κ2) is 7.77. The summed E-state index contributed by atoms with van der Waals surface area (Å²) in [5.41, 5.74) is 0.459. The van der Waals surface area contributed by atoms with Gasteiger partial charge in [-0.2, -0.15) is 0 Å². The highest BCUT2D eigenvalue weighted by Crippen LogP contribution is 2.22. The molecule has 124 valence electrons. The van der Waals surface area contributed by atoms with Gasteiger partial charge in [-0.1, -0.05) is 18.2 Å². The van der Waals surface area contributed by atoms with Gasteiger partial charge < -0.3 is 20.5 Å². The molecule has 2 rings (SSSR count). The lowest BCUT2D eigenvalue weighted by molar-refractivity contribution is -0.115. The van der Waals surface area contributed by atoms with Crippen molar-refractivity contribution in [3.63, 3.8) is 0 Å². The lowest BCUT2D eigenvalue weighted by atomic mass is 10.1. The molecule has 0 aliphatic carbocycles. The number of rotatable bonds is 6. The maximum absolute atomic E-state index is 11.9. The molecule has 0 saturated carbocycles. The Balaban J connectivity index is 2.00. The number of aromatic carboxylic acids is 1. The summed E-state index contributed by atoms with van der Waals surface area (Å²) in [6.07, 6.45) is 0. The van der Waals surface area contributed by atoms with Gasteiger partial charge in [0, 0.05) is 5.56 Å². The van der Waals surface area contributed by atoms with Crippen LogP contribution in [0.15, 0.2) is 48.5 Å². The smallest absolute Gasteiger partial charge is 0.337 e. The van der Waals surface area contributed by atoms with Gasteiger partial charge in [0.1, 0.15) is 5.75 Å². The molecule has 0 atom stereocenters. The molecule has 0 radical (unpaired) electrons. The average Bonchev–Trinajstić information content (AvgIpc) is 2.60. The number of carbonyl (C=O) groups excluding carboxylic acids is 2. The van der Waals surface area contributed by atoms with Gasteiger partial charge >= 0.3 is 5.97 Å². The minimum atomic E-state index is -1.20. The molecule has 0 aliphatic rings. The first kappa shape index (κ1) is 17.0. The van der Waals surface area contributed by atoms with Crippen molar-refractivity contribution < 1.29 is 24.2 Å². The molecule has 2 aromatic carbocycles. The normalized spacial score (nSPS) is 9.88. The summed E-state index contributed by atoms with van der Waals surface area (Å²) in [6, 6.07) is 12.7. The third-order valence-electron chi connectivity index (χ3n) is 3.18. The van der Waals surface area contributed by atoms with Gasteiger partial charge in [-0.05, 0) is 30.3 Å². The number of carboxylic acids is 1. The van der Waals surface area contributed by atoms with Crippen molar-refractivity contribution in [2.24, 2.45) is 0 Å². The van der Waals surface area contributed by atoms with Gasteiger partial charge in [-0.3, -0.25) is 9.59 Å². The highest BCUT2D eigenvalue weighted by molar-refractivity contribution is 6.03. The second-order valence-electron chi connectivity index (χ2n) is 4.81. The van der Waals surface area contributed by atoms with Crippen molar-refractivity contribution in [3.8, 4) is 5.75 Å². The summed E-state index contributed by atoms with van der Waals surface area (Å²) < 4.78 is 4.96. The van der Waals surface area contributed by atoms with Crippen LogP contribution in [0.5, 0.6) is 5.75 Å². The second-order valence-corrected chi connectivity index (χ2v) is 4.81. The first-order chi connectivity index (χ1) is 11.5. The van der Waals surface area contributed by atoms with Gasteiger partial charge in [0.15, 0.2) is 0 Å². The number of amides is 2. The molecule has 24 heavy (non-hydrogen) atoms. The molecule has 0 fully saturated rings. The van der Waals surface area contributed by atoms with Crippen LogP contribution in [0, 0.1) is 0 Å². The molecule has 7 heteroatoms. The van der Waals surface area contributed by atoms with Crippen LogP contribution >= 0.6 is 0 Å². The molecule has 0 aliphatic heterocycles. The van der Waals surface area contributed by atoms with Crippen LogP contribution in [0.4, 0.5) is 5.69 Å². The molecule has 0 saturated heterocycles. The van der Waals surface area contributed by atoms with Gasteiger partial charge in [0.25, 0.3) is 5.91 Å². The summed E-state index contributed by atoms with van der Waals surface area (Å²) in [6.45, 7) is -0.279. The molecule has 0 heterocycles. The predicted octanol–water partition coefficient (Wildman–Crippen LogP) is 1.76. The Hall–Kier alpha value is -3.35. The zero-order valence-corrected chi connectivity index (χ0v) is 12.9. The highest BCUT2D eigenvalue weighted by Gasteiger charge is 2.14. The number of anilines is 1. The van der Waals surface area contributed by atoms with Crippen LogP contribution in [0.2, 0.25) is 0 Å². The van der Waals surface area contributed by atoms with E-state index in [0.29, 0.717) is 11.3 Å². The van der Waals surface area contributed by atoms with E-state index in [9.17, 15) is 19.5 Å². The summed E-state index contributed by atoms with van der Waals surface area (Å²) in [5.74, 6) is -1.76. The molecule has 0 spiro atoms. The van der Waals surface area contributed by atoms with Crippen molar-refractivity contribution >= 4 is 23.5 Å². The van der Waals surface area contributed by atoms with Gasteiger partial charge in [0.2, 0.25) is 5.91 Å². The summed E-state index contributed by atoms with van der Waals surface area (Å²) >= 11 is 0. The monoisotopic (exact) mass is 328 g/mol. The quantitative estimate of drug-likeness (QED) is 0.749. The lowest BCUT2D eigenvalue weighted by Gasteiger charge is -2.10. The van der Waals surface area contributed by atoms with E-state index < -0.39 is 11.9 Å². The number of ether oxygens (including phenoxy) is 1. The fourth-order valence-corrected chi connectivity index (χ4v) is 1.98. The van der Waals surface area contributed by atoms with Gasteiger partial charge in [0.05, 0.1) is 24.9 Å². The fraction of sp³-hybridized carbons (Fsp3) is 0.118. The van der Waals surface area contributed by atoms with Crippen LogP contribution in [0.25, 0.3) is 0 Å². The molecular formula is C17H16N2O5. The first-order valence-electron chi connectivity index (χ1n) is 7.05. The average molecular weight is 328 g/mol. The molecule has 7 nitrogen and oxygen atoms in total. The largest absolute Gasteiger partial charge is 0.497 e. The Kier molecular flexibility index (Phi) is 5.51. The zero-order chi connectivity index (χ0) is 17.5. The third-order valence-corrected chi connectivity index (χ3v) is 3.18. The number of hydrogen-bond donors (Lipinski definition) is 3. The predicted molar refractivity (Wildman–Crippen MR) is 87.4 cm³/mol. The van der Waals surface area contributed by atoms with Crippen LogP contribution in [0.3, 0.4) is 0 Å². The third kappa shape index (κ3) is 4.33. The number of nitrogens with one attached hydrogen (secondary N) is 2. The fourth-order valence-electron chi connectivity index (χ4n) is 1.98. The van der Waals surface area contributed by atoms with Crippen molar-refractivity contribution in [2.75, 3.05) is 19.0 Å². The van der Waals surface area contributed by atoms with Gasteiger partial charge in [-0.25, -0.2) is 4.79 Å². The van der Waals surface area contributed by atoms with E-state index in [-0.39, 0.29) is 23.7 Å². The number of carboxylic acid groups (broad SMARTS) is 1. The molecule has 0 aromatic heterocycles. The van der Waals surface area contributed by atoms with E-state index in [2.05, 4.69) is 10.6 Å². The number of methoxy groups -OCH3 is 1. The van der Waals surface area contributed by atoms with E-state index in [4.69, 9.17) is 4.74 Å². The van der Waals surface area contributed by atoms with Crippen molar-refractivity contribution in [1.82, 2.24) is 5.32 Å². The Labute approximate surface area is 138 Å². The molecule has 2 amide bonds. The number of carbonyl (C=O) groups is 3. The zero-order valence-electron chi connectivity index (χ0n) is 12.9. The van der Waals surface area contributed by atoms with E-state index in [0.717, 1.165) is 0 Å². The maximum atomic E-state index is 11.9. The van der Waals surface area contributed by atoms with E-state index in [1.54, 1.807) is 30.3 Å². The molecule has 3 N–H and O–H groups in total. The molecule has 0 unspecified atom stereocenters. The van der Waals surface area contributed by atoms with Crippen LogP contribution < -0.4 is 15.4 Å². The van der Waals surface area contributed by atoms with E-state index in [1.165, 1.54) is 25.3 Å². The number of benzene rings is 2. The molecule has 0 bridgehead atoms. The maximum Gasteiger partial charge on any atom is 0.337 e. The molecule has 2 aromatic rings. The summed E-state index contributed by atoms with van der Waals surface area (Å²) in [7, 11) is 1.42. The van der Waals surface area contributed by atoms with Gasteiger partial charge in [-0.15, -0.1) is 0 Å². The standard InChI is InChI=1S/C17H16N2O5/c1-24-12-7-8-14(13(9-12)17(22)23)19-15(20)10-18-16(21)11-5-3-2-4-6-11/h2-9H,10H2,1H3,(H,18,21)(H,19,20)(H,22,23). The Bertz CT molecular complexity index is 759. The topological polar surface area (TPSA) is 105 Å². The lowest BCUT2D eigenvalue weighted by Crippen LogP contribution is -2.33. The van der Waals surface area contributed by atoms with Crippen molar-refractivity contribution in [1.29, 1.82) is 0 Å². The minimum Gasteiger partial charge on any atom is -0.497 e. The first-order valence-corrected chi connectivity index (χ1v) is 7.05. The minimum absolute atomic E-state index is 0.0999. The summed E-state index contributed by atoms with van der Waals surface area (Å²) in [5, 5.41) is 14.1. The van der Waals surface area contributed by atoms with E-state index >= 15 is 0 Å². The van der Waals surface area contributed by atoms with Crippen molar-refractivity contribution in [3.05, 3.63) is 59.7 Å². The number of hydrogen-bond acceptors (Lipinski definition) is 4. The SMILES string of the molecule is COc1ccc(NC(=O)CNC(=O)c2ccccc2)c(C(=O)O)c1. The Morgan fingerprint density at radius 3 is 2.42 bits per heavy atom. The van der Waals surface area contributed by atoms with E-state index in [1.807, 2.05) is 0 Å². The Morgan fingerprint density at radius 2 is 1.79 bits per heavy atom. The Morgan fingerprint density at radius 1 is 1.08 bits per heavy atom. The van der Waals surface area contributed by atoms with Crippen molar-refractivity contribution in [2.45, 2.75) is 0 Å². The van der Waals surface area contributed by atoms with Crippen LogP contribution in [-0.2, 0) is 4.79 Å². The highest BCUT2D eigenvalue weighted by atomic mass is 16.5. The summed E-state index contributed by atoms with van der Waals surface area (Å²) in [4.78, 5) is 35.0. The molecular weight excluding hydrogens is 312 g/mol. The van der Waals surface area contributed by atoms with Crippen LogP contribution in [0.1, 0.15) is 20.7 Å². The van der Waals surface area contributed by atoms with Crippen LogP contribution in [-0.4, -0.2) is 36.5 Å².